The Morgan fingerprint density at radius 2 is 0.603 bits per heavy atom. The highest BCUT2D eigenvalue weighted by Gasteiger charge is 2.19. The minimum atomic E-state index is -0.763. The first-order valence-electron chi connectivity index (χ1n) is 25.6. The predicted octanol–water partition coefficient (Wildman–Crippen LogP) is 16.4. The molecule has 0 aliphatic carbocycles. The van der Waals surface area contributed by atoms with E-state index in [1.807, 2.05) is 0 Å². The summed E-state index contributed by atoms with van der Waals surface area (Å²) in [6, 6.07) is 0. The average molecular weight is 821 g/mol. The van der Waals surface area contributed by atoms with Gasteiger partial charge in [0, 0.05) is 19.3 Å². The molecular weight excluding hydrogens is 721 g/mol. The van der Waals surface area contributed by atoms with Crippen molar-refractivity contribution in [2.45, 2.75) is 285 Å². The van der Waals surface area contributed by atoms with Gasteiger partial charge < -0.3 is 14.2 Å². The largest absolute Gasteiger partial charge is 0.462 e. The zero-order valence-corrected chi connectivity index (χ0v) is 39.8. The molecule has 0 saturated carbocycles. The van der Waals surface area contributed by atoms with E-state index < -0.39 is 6.10 Å². The Hall–Kier alpha value is -1.59. The highest BCUT2D eigenvalue weighted by molar-refractivity contribution is 5.71. The van der Waals surface area contributed by atoms with Gasteiger partial charge in [-0.3, -0.25) is 14.4 Å². The second-order valence-electron chi connectivity index (χ2n) is 19.0. The Labute approximate surface area is 361 Å². The van der Waals surface area contributed by atoms with E-state index in [1.54, 1.807) is 0 Å². The summed E-state index contributed by atoms with van der Waals surface area (Å²) in [4.78, 5) is 37.9. The van der Waals surface area contributed by atoms with Crippen LogP contribution in [0.3, 0.4) is 0 Å². The van der Waals surface area contributed by atoms with Crippen molar-refractivity contribution in [2.24, 2.45) is 17.8 Å². The van der Waals surface area contributed by atoms with E-state index in [9.17, 15) is 14.4 Å². The van der Waals surface area contributed by atoms with Crippen LogP contribution in [0, 0.1) is 17.8 Å². The molecule has 0 radical (unpaired) electrons. The maximum atomic E-state index is 12.8. The molecule has 0 aliphatic heterocycles. The van der Waals surface area contributed by atoms with E-state index in [4.69, 9.17) is 14.2 Å². The van der Waals surface area contributed by atoms with Crippen LogP contribution in [0.25, 0.3) is 0 Å². The molecule has 0 N–H and O–H groups in total. The van der Waals surface area contributed by atoms with Gasteiger partial charge in [-0.15, -0.1) is 0 Å². The summed E-state index contributed by atoms with van der Waals surface area (Å²) in [6.45, 7) is 13.7. The van der Waals surface area contributed by atoms with Gasteiger partial charge in [-0.2, -0.15) is 0 Å². The standard InChI is InChI=1S/C52H100O6/c1-7-48(6)40-34-28-21-17-12-10-8-9-11-13-19-23-31-37-43-52(55)58-49(45-57-51(54)42-36-30-25-24-27-33-39-47(4)5)44-56-50(53)41-35-29-22-18-15-14-16-20-26-32-38-46(2)3/h46-49H,7-45H2,1-6H3/t48?,49-/m1/s1. The zero-order chi connectivity index (χ0) is 42.7. The number of esters is 3. The van der Waals surface area contributed by atoms with Crippen molar-refractivity contribution in [2.75, 3.05) is 13.2 Å². The van der Waals surface area contributed by atoms with Gasteiger partial charge in [0.25, 0.3) is 0 Å². The fourth-order valence-corrected chi connectivity index (χ4v) is 7.73. The third kappa shape index (κ3) is 44.0. The molecule has 1 unspecified atom stereocenters. The van der Waals surface area contributed by atoms with E-state index in [-0.39, 0.29) is 31.1 Å². The van der Waals surface area contributed by atoms with Gasteiger partial charge in [0.2, 0.25) is 0 Å². The minimum Gasteiger partial charge on any atom is -0.462 e. The summed E-state index contributed by atoms with van der Waals surface area (Å²) in [6.07, 6.45) is 42.4. The van der Waals surface area contributed by atoms with Crippen molar-refractivity contribution in [1.29, 1.82) is 0 Å². The lowest BCUT2D eigenvalue weighted by Gasteiger charge is -2.18. The van der Waals surface area contributed by atoms with E-state index in [0.717, 1.165) is 75.5 Å². The molecule has 0 aromatic rings. The molecule has 0 fully saturated rings. The number of ether oxygens (including phenoxy) is 3. The molecule has 344 valence electrons. The van der Waals surface area contributed by atoms with E-state index >= 15 is 0 Å². The second kappa shape index (κ2) is 43.5. The van der Waals surface area contributed by atoms with E-state index in [2.05, 4.69) is 41.5 Å². The van der Waals surface area contributed by atoms with E-state index in [1.165, 1.54) is 161 Å². The molecule has 0 rings (SSSR count). The molecule has 0 saturated heterocycles. The van der Waals surface area contributed by atoms with Gasteiger partial charge in [-0.05, 0) is 37.0 Å². The number of carbonyl (C=O) groups is 3. The van der Waals surface area contributed by atoms with Crippen molar-refractivity contribution in [3.05, 3.63) is 0 Å². The lowest BCUT2D eigenvalue weighted by Crippen LogP contribution is -2.30. The van der Waals surface area contributed by atoms with E-state index in [0.29, 0.717) is 19.3 Å². The van der Waals surface area contributed by atoms with Crippen LogP contribution in [0.2, 0.25) is 0 Å². The highest BCUT2D eigenvalue weighted by Crippen LogP contribution is 2.18. The Balaban J connectivity index is 4.27. The molecule has 2 atom stereocenters. The molecule has 6 heteroatoms. The topological polar surface area (TPSA) is 78.9 Å². The van der Waals surface area contributed by atoms with Gasteiger partial charge in [0.1, 0.15) is 13.2 Å². The molecule has 58 heavy (non-hydrogen) atoms. The van der Waals surface area contributed by atoms with Gasteiger partial charge in [0.05, 0.1) is 0 Å². The maximum absolute atomic E-state index is 12.8. The quantitative estimate of drug-likeness (QED) is 0.0346. The summed E-state index contributed by atoms with van der Waals surface area (Å²) >= 11 is 0. The smallest absolute Gasteiger partial charge is 0.306 e. The van der Waals surface area contributed by atoms with Crippen molar-refractivity contribution in [3.63, 3.8) is 0 Å². The second-order valence-corrected chi connectivity index (χ2v) is 19.0. The molecule has 0 aliphatic rings. The van der Waals surface area contributed by atoms with Crippen molar-refractivity contribution < 1.29 is 28.6 Å². The van der Waals surface area contributed by atoms with Crippen molar-refractivity contribution in [3.8, 4) is 0 Å². The number of carbonyl (C=O) groups excluding carboxylic acids is 3. The Morgan fingerprint density at radius 3 is 0.897 bits per heavy atom. The first-order valence-corrected chi connectivity index (χ1v) is 25.6. The van der Waals surface area contributed by atoms with Gasteiger partial charge in [-0.25, -0.2) is 0 Å². The van der Waals surface area contributed by atoms with Crippen LogP contribution < -0.4 is 0 Å². The summed E-state index contributed by atoms with van der Waals surface area (Å²) in [7, 11) is 0. The monoisotopic (exact) mass is 821 g/mol. The van der Waals surface area contributed by atoms with Crippen LogP contribution in [-0.2, 0) is 28.6 Å². The molecular formula is C52H100O6. The molecule has 6 nitrogen and oxygen atoms in total. The van der Waals surface area contributed by atoms with Crippen LogP contribution in [0.4, 0.5) is 0 Å². The first-order chi connectivity index (χ1) is 28.1. The number of unbranched alkanes of at least 4 members (excludes halogenated alkanes) is 27. The third-order valence-corrected chi connectivity index (χ3v) is 12.0. The minimum absolute atomic E-state index is 0.0657. The Morgan fingerprint density at radius 1 is 0.345 bits per heavy atom. The number of hydrogen-bond donors (Lipinski definition) is 0. The predicted molar refractivity (Wildman–Crippen MR) is 247 cm³/mol. The third-order valence-electron chi connectivity index (χ3n) is 12.0. The van der Waals surface area contributed by atoms with Crippen molar-refractivity contribution >= 4 is 17.9 Å². The Kier molecular flexibility index (Phi) is 42.3. The zero-order valence-electron chi connectivity index (χ0n) is 39.8. The first kappa shape index (κ1) is 56.4. The van der Waals surface area contributed by atoms with Gasteiger partial charge in [0.15, 0.2) is 6.10 Å². The molecule has 0 aromatic carbocycles. The van der Waals surface area contributed by atoms with Crippen LogP contribution in [0.15, 0.2) is 0 Å². The normalized spacial score (nSPS) is 12.6. The molecule has 0 bridgehead atoms. The van der Waals surface area contributed by atoms with Crippen LogP contribution >= 0.6 is 0 Å². The van der Waals surface area contributed by atoms with Gasteiger partial charge in [-0.1, -0.05) is 241 Å². The SMILES string of the molecule is CCC(C)CCCCCCCCCCCCCCCCC(=O)O[C@H](COC(=O)CCCCCCCCCCCCC(C)C)COC(=O)CCCCCCCCC(C)C. The highest BCUT2D eigenvalue weighted by atomic mass is 16.6. The van der Waals surface area contributed by atoms with Crippen LogP contribution in [-0.4, -0.2) is 37.2 Å². The summed E-state index contributed by atoms with van der Waals surface area (Å²) in [5, 5.41) is 0. The lowest BCUT2D eigenvalue weighted by molar-refractivity contribution is -0.167. The molecule has 0 spiro atoms. The fraction of sp³-hybridized carbons (Fsp3) is 0.942. The van der Waals surface area contributed by atoms with Crippen LogP contribution in [0.5, 0.6) is 0 Å². The summed E-state index contributed by atoms with van der Waals surface area (Å²) < 4.78 is 16.8. The van der Waals surface area contributed by atoms with Crippen molar-refractivity contribution in [1.82, 2.24) is 0 Å². The Bertz CT molecular complexity index is 900. The lowest BCUT2D eigenvalue weighted by atomic mass is 9.99. The van der Waals surface area contributed by atoms with Gasteiger partial charge >= 0.3 is 17.9 Å². The fourth-order valence-electron chi connectivity index (χ4n) is 7.73. The number of rotatable bonds is 45. The summed E-state index contributed by atoms with van der Waals surface area (Å²) in [5.74, 6) is 1.62. The maximum Gasteiger partial charge on any atom is 0.306 e. The molecule has 0 heterocycles. The molecule has 0 amide bonds. The average Bonchev–Trinajstić information content (AvgIpc) is 3.19. The number of hydrogen-bond acceptors (Lipinski definition) is 6. The van der Waals surface area contributed by atoms with Crippen LogP contribution in [0.1, 0.15) is 279 Å². The summed E-state index contributed by atoms with van der Waals surface area (Å²) in [5.41, 5.74) is 0. The molecule has 0 aromatic heterocycles.